The highest BCUT2D eigenvalue weighted by Crippen LogP contribution is 2.08. The number of methoxy groups -OCH3 is 1. The third kappa shape index (κ3) is 5.09. The van der Waals surface area contributed by atoms with Crippen LogP contribution in [0, 0.1) is 0 Å². The standard InChI is InChI=1S/C14H17NO5/c1-4-19-14(17)10(2)9-20-13(16)7-11-5-6-12(18-3)15-8-11/h5-6,8H,2,4,7,9H2,1,3H3. The minimum Gasteiger partial charge on any atom is -0.481 e. The Kier molecular flexibility index (Phi) is 6.22. The number of nitrogens with zero attached hydrogens (tertiary/aromatic N) is 1. The summed E-state index contributed by atoms with van der Waals surface area (Å²) in [6, 6.07) is 3.37. The van der Waals surface area contributed by atoms with Crippen molar-refractivity contribution < 1.29 is 23.8 Å². The third-order valence-electron chi connectivity index (χ3n) is 2.33. The average Bonchev–Trinajstić information content (AvgIpc) is 2.45. The van der Waals surface area contributed by atoms with Gasteiger partial charge in [0.2, 0.25) is 5.88 Å². The van der Waals surface area contributed by atoms with Gasteiger partial charge in [-0.15, -0.1) is 0 Å². The average molecular weight is 279 g/mol. The van der Waals surface area contributed by atoms with Crippen molar-refractivity contribution in [3.05, 3.63) is 36.0 Å². The van der Waals surface area contributed by atoms with E-state index in [2.05, 4.69) is 11.6 Å². The molecule has 0 spiro atoms. The first-order valence-corrected chi connectivity index (χ1v) is 6.06. The molecule has 0 atom stereocenters. The summed E-state index contributed by atoms with van der Waals surface area (Å²) in [5, 5.41) is 0. The highest BCUT2D eigenvalue weighted by Gasteiger charge is 2.11. The van der Waals surface area contributed by atoms with Crippen LogP contribution in [0.4, 0.5) is 0 Å². The molecule has 1 aromatic heterocycles. The van der Waals surface area contributed by atoms with Crippen LogP contribution in [0.1, 0.15) is 12.5 Å². The molecule has 0 aromatic carbocycles. The van der Waals surface area contributed by atoms with Crippen LogP contribution in [-0.4, -0.2) is 37.2 Å². The van der Waals surface area contributed by atoms with E-state index in [1.54, 1.807) is 19.1 Å². The second kappa shape index (κ2) is 7.93. The molecule has 20 heavy (non-hydrogen) atoms. The number of rotatable bonds is 7. The third-order valence-corrected chi connectivity index (χ3v) is 2.33. The van der Waals surface area contributed by atoms with Crippen LogP contribution >= 0.6 is 0 Å². The monoisotopic (exact) mass is 279 g/mol. The number of esters is 2. The topological polar surface area (TPSA) is 74.7 Å². The maximum absolute atomic E-state index is 11.6. The van der Waals surface area contributed by atoms with E-state index < -0.39 is 11.9 Å². The maximum atomic E-state index is 11.6. The van der Waals surface area contributed by atoms with E-state index in [0.717, 1.165) is 0 Å². The van der Waals surface area contributed by atoms with E-state index in [0.29, 0.717) is 11.4 Å². The van der Waals surface area contributed by atoms with E-state index >= 15 is 0 Å². The van der Waals surface area contributed by atoms with Gasteiger partial charge in [-0.3, -0.25) is 4.79 Å². The molecule has 0 aliphatic heterocycles. The summed E-state index contributed by atoms with van der Waals surface area (Å²) in [6.07, 6.45) is 1.59. The minimum atomic E-state index is -0.564. The highest BCUT2D eigenvalue weighted by atomic mass is 16.5. The predicted molar refractivity (Wildman–Crippen MR) is 71.2 cm³/mol. The maximum Gasteiger partial charge on any atom is 0.336 e. The van der Waals surface area contributed by atoms with Crippen LogP contribution < -0.4 is 4.74 Å². The van der Waals surface area contributed by atoms with Gasteiger partial charge in [0, 0.05) is 12.3 Å². The molecule has 0 saturated heterocycles. The van der Waals surface area contributed by atoms with E-state index in [1.807, 2.05) is 0 Å². The van der Waals surface area contributed by atoms with Crippen LogP contribution in [0.5, 0.6) is 5.88 Å². The molecule has 0 radical (unpaired) electrons. The van der Waals surface area contributed by atoms with Crippen molar-refractivity contribution in [3.63, 3.8) is 0 Å². The fraction of sp³-hybridized carbons (Fsp3) is 0.357. The summed E-state index contributed by atoms with van der Waals surface area (Å²) in [7, 11) is 1.51. The van der Waals surface area contributed by atoms with E-state index in [-0.39, 0.29) is 25.2 Å². The second-order valence-corrected chi connectivity index (χ2v) is 3.87. The van der Waals surface area contributed by atoms with Crippen LogP contribution in [0.25, 0.3) is 0 Å². The number of hydrogen-bond acceptors (Lipinski definition) is 6. The van der Waals surface area contributed by atoms with Crippen LogP contribution in [0.3, 0.4) is 0 Å². The lowest BCUT2D eigenvalue weighted by molar-refractivity contribution is -0.144. The number of carbonyl (C=O) groups is 2. The Hall–Kier alpha value is -2.37. The number of pyridine rings is 1. The number of ether oxygens (including phenoxy) is 3. The summed E-state index contributed by atoms with van der Waals surface area (Å²) in [5.74, 6) is -0.563. The lowest BCUT2D eigenvalue weighted by atomic mass is 10.2. The van der Waals surface area contributed by atoms with Gasteiger partial charge in [-0.25, -0.2) is 9.78 Å². The normalized spacial score (nSPS) is 9.70. The van der Waals surface area contributed by atoms with Crippen molar-refractivity contribution in [2.75, 3.05) is 20.3 Å². The molecular formula is C14H17NO5. The predicted octanol–water partition coefficient (Wildman–Crippen LogP) is 1.30. The summed E-state index contributed by atoms with van der Waals surface area (Å²) in [4.78, 5) is 26.8. The minimum absolute atomic E-state index is 0.0626. The van der Waals surface area contributed by atoms with Gasteiger partial charge in [-0.1, -0.05) is 12.6 Å². The molecule has 108 valence electrons. The van der Waals surface area contributed by atoms with Gasteiger partial charge in [-0.2, -0.15) is 0 Å². The molecule has 1 aromatic rings. The largest absolute Gasteiger partial charge is 0.481 e. The van der Waals surface area contributed by atoms with Crippen LogP contribution in [-0.2, 0) is 25.5 Å². The number of aromatic nitrogens is 1. The number of hydrogen-bond donors (Lipinski definition) is 0. The molecule has 0 bridgehead atoms. The van der Waals surface area contributed by atoms with Gasteiger partial charge < -0.3 is 14.2 Å². The fourth-order valence-electron chi connectivity index (χ4n) is 1.31. The molecule has 1 rings (SSSR count). The molecule has 6 heteroatoms. The summed E-state index contributed by atoms with van der Waals surface area (Å²) in [6.45, 7) is 5.26. The van der Waals surface area contributed by atoms with Gasteiger partial charge in [0.25, 0.3) is 0 Å². The van der Waals surface area contributed by atoms with Gasteiger partial charge in [0.1, 0.15) is 6.61 Å². The second-order valence-electron chi connectivity index (χ2n) is 3.87. The Labute approximate surface area is 117 Å². The zero-order valence-electron chi connectivity index (χ0n) is 11.5. The Balaban J connectivity index is 2.39. The van der Waals surface area contributed by atoms with Crippen LogP contribution in [0.2, 0.25) is 0 Å². The van der Waals surface area contributed by atoms with E-state index in [1.165, 1.54) is 13.3 Å². The van der Waals surface area contributed by atoms with Crippen molar-refractivity contribution >= 4 is 11.9 Å². The lowest BCUT2D eigenvalue weighted by Gasteiger charge is -2.07. The molecule has 0 aliphatic rings. The molecule has 0 N–H and O–H groups in total. The van der Waals surface area contributed by atoms with E-state index in [4.69, 9.17) is 14.2 Å². The molecule has 0 fully saturated rings. The summed E-state index contributed by atoms with van der Waals surface area (Å²) >= 11 is 0. The van der Waals surface area contributed by atoms with Crippen LogP contribution in [0.15, 0.2) is 30.5 Å². The molecule has 6 nitrogen and oxygen atoms in total. The lowest BCUT2D eigenvalue weighted by Crippen LogP contribution is -2.16. The van der Waals surface area contributed by atoms with Gasteiger partial charge in [0.15, 0.2) is 0 Å². The molecule has 0 aliphatic carbocycles. The van der Waals surface area contributed by atoms with E-state index in [9.17, 15) is 9.59 Å². The molecule has 0 unspecified atom stereocenters. The highest BCUT2D eigenvalue weighted by molar-refractivity contribution is 5.88. The van der Waals surface area contributed by atoms with Gasteiger partial charge in [0.05, 0.1) is 25.7 Å². The Morgan fingerprint density at radius 1 is 1.30 bits per heavy atom. The summed E-state index contributed by atoms with van der Waals surface area (Å²) < 4.78 is 14.6. The first-order chi connectivity index (χ1) is 9.56. The molecule has 0 amide bonds. The Bertz CT molecular complexity index is 481. The van der Waals surface area contributed by atoms with Gasteiger partial charge in [-0.05, 0) is 12.5 Å². The fourth-order valence-corrected chi connectivity index (χ4v) is 1.31. The zero-order valence-corrected chi connectivity index (χ0v) is 11.5. The Morgan fingerprint density at radius 3 is 2.60 bits per heavy atom. The van der Waals surface area contributed by atoms with Crippen molar-refractivity contribution in [1.29, 1.82) is 0 Å². The SMILES string of the molecule is C=C(COC(=O)Cc1ccc(OC)nc1)C(=O)OCC. The number of carbonyl (C=O) groups excluding carboxylic acids is 2. The smallest absolute Gasteiger partial charge is 0.336 e. The first-order valence-electron chi connectivity index (χ1n) is 6.06. The van der Waals surface area contributed by atoms with Crippen molar-refractivity contribution in [2.45, 2.75) is 13.3 Å². The molecule has 0 saturated carbocycles. The zero-order chi connectivity index (χ0) is 15.0. The van der Waals surface area contributed by atoms with Crippen molar-refractivity contribution in [3.8, 4) is 5.88 Å². The van der Waals surface area contributed by atoms with Crippen molar-refractivity contribution in [1.82, 2.24) is 4.98 Å². The summed E-state index contributed by atoms with van der Waals surface area (Å²) in [5.41, 5.74) is 0.797. The molecule has 1 heterocycles. The first kappa shape index (κ1) is 15.7. The Morgan fingerprint density at radius 2 is 2.05 bits per heavy atom. The van der Waals surface area contributed by atoms with Crippen molar-refractivity contribution in [2.24, 2.45) is 0 Å². The quantitative estimate of drug-likeness (QED) is 0.553. The van der Waals surface area contributed by atoms with Gasteiger partial charge >= 0.3 is 11.9 Å². The molecular weight excluding hydrogens is 262 g/mol.